The molecular formula is C18H24N2. The van der Waals surface area contributed by atoms with Crippen LogP contribution in [0, 0.1) is 0 Å². The van der Waals surface area contributed by atoms with Gasteiger partial charge in [0.05, 0.1) is 0 Å². The Bertz CT molecular complexity index is 503. The summed E-state index contributed by atoms with van der Waals surface area (Å²) in [5, 5.41) is 0. The average molecular weight is 268 g/mol. The van der Waals surface area contributed by atoms with Crippen LogP contribution in [0.15, 0.2) is 54.6 Å². The van der Waals surface area contributed by atoms with Gasteiger partial charge in [-0.1, -0.05) is 31.5 Å². The minimum Gasteiger partial charge on any atom is -0.378 e. The number of nitrogens with zero attached hydrogens (tertiary/aromatic N) is 2. The van der Waals surface area contributed by atoms with E-state index in [0.29, 0.717) is 0 Å². The molecule has 0 bridgehead atoms. The summed E-state index contributed by atoms with van der Waals surface area (Å²) in [6.45, 7) is 3.29. The second-order valence-corrected chi connectivity index (χ2v) is 5.25. The Morgan fingerprint density at radius 1 is 0.750 bits per heavy atom. The minimum absolute atomic E-state index is 1.06. The molecule has 0 aromatic heterocycles. The number of rotatable bonds is 6. The third kappa shape index (κ3) is 3.53. The number of benzene rings is 2. The van der Waals surface area contributed by atoms with Crippen molar-refractivity contribution in [2.75, 3.05) is 30.4 Å². The van der Waals surface area contributed by atoms with Gasteiger partial charge in [0.25, 0.3) is 0 Å². The summed E-state index contributed by atoms with van der Waals surface area (Å²) in [4.78, 5) is 4.52. The van der Waals surface area contributed by atoms with Gasteiger partial charge >= 0.3 is 0 Å². The summed E-state index contributed by atoms with van der Waals surface area (Å²) in [5.74, 6) is 0. The second-order valence-electron chi connectivity index (χ2n) is 5.25. The summed E-state index contributed by atoms with van der Waals surface area (Å²) < 4.78 is 0. The molecule has 2 rings (SSSR count). The van der Waals surface area contributed by atoms with Gasteiger partial charge in [-0.3, -0.25) is 0 Å². The molecule has 0 aliphatic carbocycles. The molecule has 20 heavy (non-hydrogen) atoms. The lowest BCUT2D eigenvalue weighted by atomic mass is 10.2. The molecule has 0 aliphatic heterocycles. The Kier molecular flexibility index (Phi) is 5.05. The van der Waals surface area contributed by atoms with Crippen LogP contribution in [0.1, 0.15) is 19.8 Å². The van der Waals surface area contributed by atoms with Gasteiger partial charge in [-0.25, -0.2) is 0 Å². The Morgan fingerprint density at radius 3 is 1.85 bits per heavy atom. The fourth-order valence-electron chi connectivity index (χ4n) is 2.26. The van der Waals surface area contributed by atoms with Gasteiger partial charge in [0, 0.05) is 37.7 Å². The lowest BCUT2D eigenvalue weighted by Crippen LogP contribution is -2.18. The monoisotopic (exact) mass is 268 g/mol. The van der Waals surface area contributed by atoms with Crippen molar-refractivity contribution >= 4 is 17.1 Å². The van der Waals surface area contributed by atoms with Crippen LogP contribution in [0.4, 0.5) is 17.1 Å². The zero-order valence-corrected chi connectivity index (χ0v) is 12.7. The van der Waals surface area contributed by atoms with Crippen molar-refractivity contribution in [3.8, 4) is 0 Å². The van der Waals surface area contributed by atoms with Crippen molar-refractivity contribution in [1.29, 1.82) is 0 Å². The first-order chi connectivity index (χ1) is 9.72. The number of para-hydroxylation sites is 1. The van der Waals surface area contributed by atoms with Gasteiger partial charge in [0.2, 0.25) is 0 Å². The molecule has 0 radical (unpaired) electrons. The highest BCUT2D eigenvalue weighted by Crippen LogP contribution is 2.27. The summed E-state index contributed by atoms with van der Waals surface area (Å²) in [5.41, 5.74) is 3.76. The van der Waals surface area contributed by atoms with E-state index in [1.807, 2.05) is 0 Å². The second kappa shape index (κ2) is 6.99. The zero-order valence-electron chi connectivity index (χ0n) is 12.7. The topological polar surface area (TPSA) is 6.48 Å². The smallest absolute Gasteiger partial charge is 0.0412 e. The molecule has 2 heteroatoms. The molecule has 0 aliphatic rings. The summed E-state index contributed by atoms with van der Waals surface area (Å²) >= 11 is 0. The normalized spacial score (nSPS) is 10.3. The highest BCUT2D eigenvalue weighted by atomic mass is 15.1. The molecule has 0 saturated carbocycles. The fraction of sp³-hybridized carbons (Fsp3) is 0.333. The van der Waals surface area contributed by atoms with E-state index in [0.717, 1.165) is 6.54 Å². The number of unbranched alkanes of at least 4 members (excludes halogenated alkanes) is 1. The standard InChI is InChI=1S/C18H24N2/c1-4-5-15-20(17-9-7-6-8-10-17)18-13-11-16(12-14-18)19(2)3/h6-14H,4-5,15H2,1-3H3. The molecule has 0 atom stereocenters. The van der Waals surface area contributed by atoms with E-state index < -0.39 is 0 Å². The first-order valence-electron chi connectivity index (χ1n) is 7.32. The first-order valence-corrected chi connectivity index (χ1v) is 7.32. The van der Waals surface area contributed by atoms with E-state index in [4.69, 9.17) is 0 Å². The predicted octanol–water partition coefficient (Wildman–Crippen LogP) is 4.69. The first kappa shape index (κ1) is 14.4. The van der Waals surface area contributed by atoms with Gasteiger partial charge in [0.1, 0.15) is 0 Å². The van der Waals surface area contributed by atoms with Crippen LogP contribution in [-0.4, -0.2) is 20.6 Å². The van der Waals surface area contributed by atoms with Crippen LogP contribution >= 0.6 is 0 Å². The van der Waals surface area contributed by atoms with E-state index in [1.165, 1.54) is 29.9 Å². The summed E-state index contributed by atoms with van der Waals surface area (Å²) in [6, 6.07) is 19.4. The third-order valence-electron chi connectivity index (χ3n) is 3.48. The van der Waals surface area contributed by atoms with Crippen molar-refractivity contribution in [3.05, 3.63) is 54.6 Å². The van der Waals surface area contributed by atoms with Crippen LogP contribution in [0.25, 0.3) is 0 Å². The van der Waals surface area contributed by atoms with Crippen LogP contribution in [0.5, 0.6) is 0 Å². The molecule has 0 spiro atoms. The molecule has 0 saturated heterocycles. The molecule has 0 heterocycles. The Balaban J connectivity index is 2.26. The van der Waals surface area contributed by atoms with E-state index in [-0.39, 0.29) is 0 Å². The summed E-state index contributed by atoms with van der Waals surface area (Å²) in [7, 11) is 4.14. The van der Waals surface area contributed by atoms with Gasteiger partial charge in [-0.2, -0.15) is 0 Å². The maximum atomic E-state index is 2.39. The van der Waals surface area contributed by atoms with E-state index in [2.05, 4.69) is 85.4 Å². The lowest BCUT2D eigenvalue weighted by molar-refractivity contribution is 0.786. The van der Waals surface area contributed by atoms with E-state index >= 15 is 0 Å². The predicted molar refractivity (Wildman–Crippen MR) is 89.1 cm³/mol. The van der Waals surface area contributed by atoms with Crippen LogP contribution in [0.3, 0.4) is 0 Å². The largest absolute Gasteiger partial charge is 0.378 e. The molecule has 0 unspecified atom stereocenters. The van der Waals surface area contributed by atoms with Crippen LogP contribution < -0.4 is 9.80 Å². The Morgan fingerprint density at radius 2 is 1.30 bits per heavy atom. The lowest BCUT2D eigenvalue weighted by Gasteiger charge is -2.25. The number of hydrogen-bond donors (Lipinski definition) is 0. The maximum absolute atomic E-state index is 2.39. The number of anilines is 3. The molecule has 0 amide bonds. The molecule has 106 valence electrons. The van der Waals surface area contributed by atoms with Crippen molar-refractivity contribution in [2.45, 2.75) is 19.8 Å². The maximum Gasteiger partial charge on any atom is 0.0412 e. The fourth-order valence-corrected chi connectivity index (χ4v) is 2.26. The zero-order chi connectivity index (χ0) is 14.4. The molecule has 2 nitrogen and oxygen atoms in total. The summed E-state index contributed by atoms with van der Waals surface area (Å²) in [6.07, 6.45) is 2.41. The number of hydrogen-bond acceptors (Lipinski definition) is 2. The molecule has 2 aromatic rings. The highest BCUT2D eigenvalue weighted by Gasteiger charge is 2.08. The molecule has 2 aromatic carbocycles. The van der Waals surface area contributed by atoms with E-state index in [9.17, 15) is 0 Å². The van der Waals surface area contributed by atoms with Crippen molar-refractivity contribution < 1.29 is 0 Å². The van der Waals surface area contributed by atoms with Crippen molar-refractivity contribution in [2.24, 2.45) is 0 Å². The SMILES string of the molecule is CCCCN(c1ccccc1)c1ccc(N(C)C)cc1. The molecule has 0 N–H and O–H groups in total. The van der Waals surface area contributed by atoms with Gasteiger partial charge in [0.15, 0.2) is 0 Å². The van der Waals surface area contributed by atoms with Gasteiger partial charge in [-0.15, -0.1) is 0 Å². The Labute approximate surface area is 122 Å². The molecular weight excluding hydrogens is 244 g/mol. The quantitative estimate of drug-likeness (QED) is 0.750. The van der Waals surface area contributed by atoms with Crippen molar-refractivity contribution in [3.63, 3.8) is 0 Å². The Hall–Kier alpha value is -1.96. The van der Waals surface area contributed by atoms with Crippen molar-refractivity contribution in [1.82, 2.24) is 0 Å². The van der Waals surface area contributed by atoms with Crippen LogP contribution in [0.2, 0.25) is 0 Å². The van der Waals surface area contributed by atoms with Crippen LogP contribution in [-0.2, 0) is 0 Å². The minimum atomic E-state index is 1.06. The highest BCUT2D eigenvalue weighted by molar-refractivity contribution is 5.65. The van der Waals surface area contributed by atoms with E-state index in [1.54, 1.807) is 0 Å². The average Bonchev–Trinajstić information content (AvgIpc) is 2.49. The molecule has 0 fully saturated rings. The van der Waals surface area contributed by atoms with Gasteiger partial charge < -0.3 is 9.80 Å². The van der Waals surface area contributed by atoms with Gasteiger partial charge in [-0.05, 0) is 42.8 Å². The third-order valence-corrected chi connectivity index (χ3v) is 3.48.